The molecular formula is C9H16N2O3. The smallest absolute Gasteiger partial charge is 0.239 e. The van der Waals surface area contributed by atoms with E-state index in [1.54, 1.807) is 0 Å². The van der Waals surface area contributed by atoms with E-state index in [4.69, 9.17) is 4.74 Å². The van der Waals surface area contributed by atoms with Crippen molar-refractivity contribution in [3.8, 4) is 0 Å². The van der Waals surface area contributed by atoms with Crippen LogP contribution in [0.4, 0.5) is 0 Å². The molecule has 0 aromatic heterocycles. The molecule has 2 N–H and O–H groups in total. The van der Waals surface area contributed by atoms with E-state index >= 15 is 0 Å². The van der Waals surface area contributed by atoms with Crippen LogP contribution in [0.2, 0.25) is 0 Å². The highest BCUT2D eigenvalue weighted by Crippen LogP contribution is 2.04. The first-order chi connectivity index (χ1) is 6.68. The molecule has 0 saturated carbocycles. The zero-order chi connectivity index (χ0) is 10.4. The third kappa shape index (κ3) is 4.23. The minimum atomic E-state index is -0.194. The highest BCUT2D eigenvalue weighted by molar-refractivity contribution is 5.83. The third-order valence-electron chi connectivity index (χ3n) is 2.02. The molecule has 1 aliphatic rings. The molecule has 5 heteroatoms. The normalized spacial score (nSPS) is 21.4. The minimum absolute atomic E-state index is 0.0475. The average Bonchev–Trinajstić information content (AvgIpc) is 2.16. The number of rotatable bonds is 3. The lowest BCUT2D eigenvalue weighted by molar-refractivity contribution is -0.126. The molecule has 80 valence electrons. The molecule has 1 unspecified atom stereocenters. The summed E-state index contributed by atoms with van der Waals surface area (Å²) < 4.78 is 5.21. The molecule has 0 aromatic rings. The summed E-state index contributed by atoms with van der Waals surface area (Å²) in [7, 11) is 0. The highest BCUT2D eigenvalue weighted by atomic mass is 16.5. The topological polar surface area (TPSA) is 67.4 Å². The molecule has 1 aliphatic heterocycles. The van der Waals surface area contributed by atoms with E-state index in [0.717, 1.165) is 19.4 Å². The van der Waals surface area contributed by atoms with Crippen molar-refractivity contribution in [3.05, 3.63) is 0 Å². The lowest BCUT2D eigenvalue weighted by Gasteiger charge is -2.23. The van der Waals surface area contributed by atoms with Crippen molar-refractivity contribution < 1.29 is 14.3 Å². The molecule has 0 bridgehead atoms. The second-order valence-corrected chi connectivity index (χ2v) is 3.39. The fraction of sp³-hybridized carbons (Fsp3) is 0.778. The Morgan fingerprint density at radius 1 is 1.50 bits per heavy atom. The maximum absolute atomic E-state index is 11.2. The number of amides is 2. The van der Waals surface area contributed by atoms with Crippen molar-refractivity contribution in [2.24, 2.45) is 0 Å². The van der Waals surface area contributed by atoms with Gasteiger partial charge in [-0.15, -0.1) is 0 Å². The first kappa shape index (κ1) is 11.0. The Morgan fingerprint density at radius 3 is 2.86 bits per heavy atom. The van der Waals surface area contributed by atoms with E-state index in [-0.39, 0.29) is 24.4 Å². The van der Waals surface area contributed by atoms with Gasteiger partial charge in [-0.2, -0.15) is 0 Å². The van der Waals surface area contributed by atoms with Crippen LogP contribution in [0.5, 0.6) is 0 Å². The molecule has 1 heterocycles. The third-order valence-corrected chi connectivity index (χ3v) is 2.02. The number of hydrogen-bond acceptors (Lipinski definition) is 3. The highest BCUT2D eigenvalue weighted by Gasteiger charge is 2.15. The van der Waals surface area contributed by atoms with Crippen molar-refractivity contribution in [1.29, 1.82) is 0 Å². The first-order valence-electron chi connectivity index (χ1n) is 4.80. The van der Waals surface area contributed by atoms with Crippen LogP contribution in [0.1, 0.15) is 19.8 Å². The molecule has 0 spiro atoms. The number of carbonyl (C=O) groups excluding carboxylic acids is 2. The predicted octanol–water partition coefficient (Wildman–Crippen LogP) is -0.582. The van der Waals surface area contributed by atoms with E-state index in [1.165, 1.54) is 6.92 Å². The molecule has 2 amide bonds. The van der Waals surface area contributed by atoms with Crippen molar-refractivity contribution in [1.82, 2.24) is 10.6 Å². The summed E-state index contributed by atoms with van der Waals surface area (Å²) in [5.41, 5.74) is 0. The van der Waals surface area contributed by atoms with E-state index < -0.39 is 0 Å². The fourth-order valence-electron chi connectivity index (χ4n) is 1.34. The number of ether oxygens (including phenoxy) is 1. The van der Waals surface area contributed by atoms with Crippen molar-refractivity contribution in [2.45, 2.75) is 25.8 Å². The minimum Gasteiger partial charge on any atom is -0.379 e. The standard InChI is InChI=1S/C9H16N2O3/c1-7(12)10-5-9(13)11-8-3-2-4-14-6-8/h8H,2-6H2,1H3,(H,10,12)(H,11,13). The van der Waals surface area contributed by atoms with Gasteiger partial charge in [-0.25, -0.2) is 0 Å². The van der Waals surface area contributed by atoms with E-state index in [0.29, 0.717) is 6.61 Å². The average molecular weight is 200 g/mol. The van der Waals surface area contributed by atoms with Gasteiger partial charge in [0, 0.05) is 13.5 Å². The van der Waals surface area contributed by atoms with Crippen LogP contribution in [0, 0.1) is 0 Å². The Morgan fingerprint density at radius 2 is 2.29 bits per heavy atom. The van der Waals surface area contributed by atoms with Crippen LogP contribution >= 0.6 is 0 Å². The van der Waals surface area contributed by atoms with Crippen LogP contribution in [0.3, 0.4) is 0 Å². The van der Waals surface area contributed by atoms with E-state index in [2.05, 4.69) is 10.6 Å². The summed E-state index contributed by atoms with van der Waals surface area (Å²) in [6.45, 7) is 2.78. The van der Waals surface area contributed by atoms with Crippen LogP contribution < -0.4 is 10.6 Å². The SMILES string of the molecule is CC(=O)NCC(=O)NC1CCCOC1. The summed E-state index contributed by atoms with van der Waals surface area (Å²) >= 11 is 0. The van der Waals surface area contributed by atoms with Gasteiger partial charge < -0.3 is 15.4 Å². The Balaban J connectivity index is 2.15. The van der Waals surface area contributed by atoms with Gasteiger partial charge in [0.1, 0.15) is 0 Å². The van der Waals surface area contributed by atoms with Gasteiger partial charge in [-0.3, -0.25) is 9.59 Å². The van der Waals surface area contributed by atoms with Crippen molar-refractivity contribution in [2.75, 3.05) is 19.8 Å². The van der Waals surface area contributed by atoms with Crippen molar-refractivity contribution in [3.63, 3.8) is 0 Å². The molecule has 0 aromatic carbocycles. The maximum atomic E-state index is 11.2. The van der Waals surface area contributed by atoms with Gasteiger partial charge in [-0.05, 0) is 12.8 Å². The largest absolute Gasteiger partial charge is 0.379 e. The lowest BCUT2D eigenvalue weighted by atomic mass is 10.1. The van der Waals surface area contributed by atoms with Gasteiger partial charge in [0.15, 0.2) is 0 Å². The molecule has 0 radical (unpaired) electrons. The molecular weight excluding hydrogens is 184 g/mol. The summed E-state index contributed by atoms with van der Waals surface area (Å²) in [5, 5.41) is 5.24. The Labute approximate surface area is 83.2 Å². The molecule has 1 rings (SSSR count). The Kier molecular flexibility index (Phi) is 4.39. The molecule has 1 fully saturated rings. The van der Waals surface area contributed by atoms with Gasteiger partial charge in [-0.1, -0.05) is 0 Å². The summed E-state index contributed by atoms with van der Waals surface area (Å²) in [4.78, 5) is 21.8. The molecule has 5 nitrogen and oxygen atoms in total. The summed E-state index contributed by atoms with van der Waals surface area (Å²) in [5.74, 6) is -0.351. The van der Waals surface area contributed by atoms with Crippen LogP contribution in [0.15, 0.2) is 0 Å². The fourth-order valence-corrected chi connectivity index (χ4v) is 1.34. The molecule has 14 heavy (non-hydrogen) atoms. The van der Waals surface area contributed by atoms with Gasteiger partial charge in [0.2, 0.25) is 11.8 Å². The van der Waals surface area contributed by atoms with Crippen molar-refractivity contribution >= 4 is 11.8 Å². The summed E-state index contributed by atoms with van der Waals surface area (Å²) in [6.07, 6.45) is 1.93. The molecule has 1 atom stereocenters. The quantitative estimate of drug-likeness (QED) is 0.640. The summed E-state index contributed by atoms with van der Waals surface area (Å²) in [6, 6.07) is 0.102. The van der Waals surface area contributed by atoms with Gasteiger partial charge >= 0.3 is 0 Å². The Hall–Kier alpha value is -1.10. The predicted molar refractivity (Wildman–Crippen MR) is 50.7 cm³/mol. The molecule has 0 aliphatic carbocycles. The maximum Gasteiger partial charge on any atom is 0.239 e. The zero-order valence-electron chi connectivity index (χ0n) is 8.34. The number of nitrogens with one attached hydrogen (secondary N) is 2. The lowest BCUT2D eigenvalue weighted by Crippen LogP contribution is -2.44. The van der Waals surface area contributed by atoms with Gasteiger partial charge in [0.25, 0.3) is 0 Å². The van der Waals surface area contributed by atoms with E-state index in [1.807, 2.05) is 0 Å². The van der Waals surface area contributed by atoms with Gasteiger partial charge in [0.05, 0.1) is 19.2 Å². The number of hydrogen-bond donors (Lipinski definition) is 2. The number of carbonyl (C=O) groups is 2. The Bertz CT molecular complexity index is 212. The van der Waals surface area contributed by atoms with Crippen LogP contribution in [-0.2, 0) is 14.3 Å². The van der Waals surface area contributed by atoms with Crippen LogP contribution in [-0.4, -0.2) is 37.6 Å². The second-order valence-electron chi connectivity index (χ2n) is 3.39. The first-order valence-corrected chi connectivity index (χ1v) is 4.80. The van der Waals surface area contributed by atoms with Crippen LogP contribution in [0.25, 0.3) is 0 Å². The zero-order valence-corrected chi connectivity index (χ0v) is 8.34. The van der Waals surface area contributed by atoms with E-state index in [9.17, 15) is 9.59 Å². The molecule has 1 saturated heterocycles. The second kappa shape index (κ2) is 5.59. The monoisotopic (exact) mass is 200 g/mol.